The number of para-hydroxylation sites is 2. The fourth-order valence-electron chi connectivity index (χ4n) is 1.94. The minimum absolute atomic E-state index is 0.329. The third-order valence-corrected chi connectivity index (χ3v) is 4.05. The highest BCUT2D eigenvalue weighted by atomic mass is 32.2. The number of hydrogen-bond acceptors (Lipinski definition) is 4. The average molecular weight is 296 g/mol. The predicted molar refractivity (Wildman–Crippen MR) is 82.6 cm³/mol. The van der Waals surface area contributed by atoms with Crippen molar-refractivity contribution in [3.8, 4) is 0 Å². The van der Waals surface area contributed by atoms with Crippen LogP contribution in [0.1, 0.15) is 0 Å². The van der Waals surface area contributed by atoms with E-state index in [0.717, 1.165) is 0 Å². The first kappa shape index (κ1) is 13.5. The quantitative estimate of drug-likeness (QED) is 0.626. The van der Waals surface area contributed by atoms with Gasteiger partial charge in [-0.15, -0.1) is 0 Å². The van der Waals surface area contributed by atoms with E-state index in [-0.39, 0.29) is 11.8 Å². The van der Waals surface area contributed by atoms with Gasteiger partial charge in [0.1, 0.15) is 0 Å². The number of imide groups is 1. The van der Waals surface area contributed by atoms with Crippen molar-refractivity contribution in [1.82, 2.24) is 5.32 Å². The van der Waals surface area contributed by atoms with Gasteiger partial charge in [-0.2, -0.15) is 0 Å². The Morgan fingerprint density at radius 2 is 1.14 bits per heavy atom. The molecule has 2 aliphatic heterocycles. The normalized spacial score (nSPS) is 14.3. The fraction of sp³-hybridized carbons (Fsp3) is 0. The molecule has 2 N–H and O–H groups in total. The van der Waals surface area contributed by atoms with E-state index in [1.807, 2.05) is 17.1 Å². The van der Waals surface area contributed by atoms with Gasteiger partial charge in [-0.05, 0) is 24.3 Å². The van der Waals surface area contributed by atoms with Crippen molar-refractivity contribution < 1.29 is 9.59 Å². The summed E-state index contributed by atoms with van der Waals surface area (Å²) in [6, 6.07) is 16.8. The second kappa shape index (κ2) is 5.85. The number of carbonyl (C=O) groups is 2. The van der Waals surface area contributed by atoms with Gasteiger partial charge < -0.3 is 5.32 Å². The molecule has 2 aromatic rings. The second-order valence-electron chi connectivity index (χ2n) is 4.41. The molecule has 21 heavy (non-hydrogen) atoms. The number of hydrogen-bond donors (Lipinski definition) is 2. The summed E-state index contributed by atoms with van der Waals surface area (Å²) in [5, 5.41) is 5.45. The number of benzene rings is 2. The van der Waals surface area contributed by atoms with Crippen LogP contribution in [-0.2, 0) is 9.59 Å². The molecule has 0 spiro atoms. The van der Waals surface area contributed by atoms with Crippen LogP contribution in [0, 0.1) is 0 Å². The Morgan fingerprint density at radius 1 is 0.667 bits per heavy atom. The van der Waals surface area contributed by atoms with Gasteiger partial charge >= 0.3 is 0 Å². The van der Waals surface area contributed by atoms with Gasteiger partial charge in [0, 0.05) is 21.9 Å². The Balaban J connectivity index is 0.000000160. The molecular formula is C16H12N2O2S. The van der Waals surface area contributed by atoms with Crippen LogP contribution in [-0.4, -0.2) is 11.8 Å². The summed E-state index contributed by atoms with van der Waals surface area (Å²) < 4.78 is 0. The van der Waals surface area contributed by atoms with Gasteiger partial charge in [-0.25, -0.2) is 0 Å². The van der Waals surface area contributed by atoms with E-state index in [2.05, 4.69) is 53.8 Å². The van der Waals surface area contributed by atoms with Crippen molar-refractivity contribution in [2.24, 2.45) is 0 Å². The zero-order valence-corrected chi connectivity index (χ0v) is 11.8. The number of amides is 2. The Kier molecular flexibility index (Phi) is 3.75. The summed E-state index contributed by atoms with van der Waals surface area (Å²) in [4.78, 5) is 22.7. The molecule has 2 aromatic carbocycles. The van der Waals surface area contributed by atoms with Crippen LogP contribution in [0.3, 0.4) is 0 Å². The highest BCUT2D eigenvalue weighted by molar-refractivity contribution is 7.99. The van der Waals surface area contributed by atoms with Gasteiger partial charge in [-0.1, -0.05) is 36.0 Å². The zero-order valence-electron chi connectivity index (χ0n) is 11.0. The van der Waals surface area contributed by atoms with E-state index >= 15 is 0 Å². The first-order chi connectivity index (χ1) is 10.2. The van der Waals surface area contributed by atoms with Gasteiger partial charge in [0.05, 0.1) is 11.4 Å². The second-order valence-corrected chi connectivity index (χ2v) is 5.49. The van der Waals surface area contributed by atoms with Crippen molar-refractivity contribution in [2.45, 2.75) is 9.79 Å². The molecule has 2 aliphatic rings. The molecule has 0 atom stereocenters. The summed E-state index contributed by atoms with van der Waals surface area (Å²) in [7, 11) is 0. The topological polar surface area (TPSA) is 58.2 Å². The fourth-order valence-corrected chi connectivity index (χ4v) is 2.93. The van der Waals surface area contributed by atoms with E-state index in [9.17, 15) is 9.59 Å². The molecule has 0 saturated heterocycles. The number of carbonyl (C=O) groups excluding carboxylic acids is 2. The number of fused-ring (bicyclic) bond motifs is 2. The molecule has 0 aliphatic carbocycles. The van der Waals surface area contributed by atoms with E-state index in [0.29, 0.717) is 0 Å². The monoisotopic (exact) mass is 296 g/mol. The Labute approximate surface area is 126 Å². The maximum atomic E-state index is 10.0. The van der Waals surface area contributed by atoms with Gasteiger partial charge in [0.25, 0.3) is 11.8 Å². The van der Waals surface area contributed by atoms with Crippen LogP contribution in [0.25, 0.3) is 0 Å². The summed E-state index contributed by atoms with van der Waals surface area (Å²) in [5.74, 6) is -0.657. The SMILES string of the molecule is O=C1C=CC(=O)N1.c1ccc2c(c1)Nc1ccccc1S2. The van der Waals surface area contributed by atoms with Crippen LogP contribution >= 0.6 is 11.8 Å². The van der Waals surface area contributed by atoms with Crippen LogP contribution in [0.4, 0.5) is 11.4 Å². The third-order valence-electron chi connectivity index (χ3n) is 2.90. The van der Waals surface area contributed by atoms with Crippen LogP contribution in [0.15, 0.2) is 70.5 Å². The summed E-state index contributed by atoms with van der Waals surface area (Å²) in [5.41, 5.74) is 2.41. The lowest BCUT2D eigenvalue weighted by Gasteiger charge is -2.19. The van der Waals surface area contributed by atoms with Crippen molar-refractivity contribution in [3.05, 3.63) is 60.7 Å². The van der Waals surface area contributed by atoms with Gasteiger partial charge in [-0.3, -0.25) is 14.9 Å². The minimum Gasteiger partial charge on any atom is -0.354 e. The molecule has 2 amide bonds. The van der Waals surface area contributed by atoms with Crippen molar-refractivity contribution in [3.63, 3.8) is 0 Å². The van der Waals surface area contributed by atoms with Gasteiger partial charge in [0.15, 0.2) is 0 Å². The number of anilines is 2. The Bertz CT molecular complexity index is 637. The standard InChI is InChI=1S/C12H9NS.C4H3NO2/c1-3-7-11-9(5-1)13-10-6-2-4-8-12(10)14-11;6-3-1-2-4(7)5-3/h1-8,13H;1-2H,(H,5,6,7). The molecule has 5 heteroatoms. The third kappa shape index (κ3) is 3.14. The molecule has 0 radical (unpaired) electrons. The predicted octanol–water partition coefficient (Wildman–Crippen LogP) is 3.09. The van der Waals surface area contributed by atoms with E-state index < -0.39 is 0 Å². The number of rotatable bonds is 0. The summed E-state index contributed by atoms with van der Waals surface area (Å²) >= 11 is 1.82. The number of nitrogens with one attached hydrogen (secondary N) is 2. The van der Waals surface area contributed by atoms with Crippen molar-refractivity contribution in [1.29, 1.82) is 0 Å². The molecule has 0 unspecified atom stereocenters. The lowest BCUT2D eigenvalue weighted by Crippen LogP contribution is -2.19. The van der Waals surface area contributed by atoms with E-state index in [1.54, 1.807) is 0 Å². The lowest BCUT2D eigenvalue weighted by molar-refractivity contribution is -0.123. The van der Waals surface area contributed by atoms with Crippen molar-refractivity contribution in [2.75, 3.05) is 5.32 Å². The maximum absolute atomic E-state index is 10.0. The van der Waals surface area contributed by atoms with Crippen LogP contribution < -0.4 is 10.6 Å². The highest BCUT2D eigenvalue weighted by Gasteiger charge is 2.13. The first-order valence-corrected chi connectivity index (χ1v) is 7.20. The van der Waals surface area contributed by atoms with Crippen LogP contribution in [0.2, 0.25) is 0 Å². The molecule has 4 nitrogen and oxygen atoms in total. The minimum atomic E-state index is -0.329. The highest BCUT2D eigenvalue weighted by Crippen LogP contribution is 2.43. The molecule has 104 valence electrons. The first-order valence-electron chi connectivity index (χ1n) is 6.38. The molecule has 0 saturated carbocycles. The Hall–Kier alpha value is -2.53. The maximum Gasteiger partial charge on any atom is 0.250 e. The summed E-state index contributed by atoms with van der Waals surface area (Å²) in [6.45, 7) is 0. The smallest absolute Gasteiger partial charge is 0.250 e. The molecular weight excluding hydrogens is 284 g/mol. The van der Waals surface area contributed by atoms with E-state index in [4.69, 9.17) is 0 Å². The largest absolute Gasteiger partial charge is 0.354 e. The molecule has 2 heterocycles. The molecule has 0 bridgehead atoms. The molecule has 4 rings (SSSR count). The Morgan fingerprint density at radius 3 is 1.57 bits per heavy atom. The van der Waals surface area contributed by atoms with Gasteiger partial charge in [0.2, 0.25) is 0 Å². The lowest BCUT2D eigenvalue weighted by atomic mass is 10.2. The van der Waals surface area contributed by atoms with Crippen molar-refractivity contribution >= 4 is 35.0 Å². The average Bonchev–Trinajstić information content (AvgIpc) is 2.89. The molecule has 0 fully saturated rings. The summed E-state index contributed by atoms with van der Waals surface area (Å²) in [6.07, 6.45) is 2.39. The molecule has 0 aromatic heterocycles. The van der Waals surface area contributed by atoms with Crippen LogP contribution in [0.5, 0.6) is 0 Å². The zero-order chi connectivity index (χ0) is 14.7. The van der Waals surface area contributed by atoms with E-state index in [1.165, 1.54) is 33.3 Å².